The Kier molecular flexibility index (Phi) is 4.59. The van der Waals surface area contributed by atoms with Crippen molar-refractivity contribution in [2.24, 2.45) is 5.92 Å². The molecule has 1 rings (SSSR count). The van der Waals surface area contributed by atoms with Gasteiger partial charge >= 0.3 is 0 Å². The van der Waals surface area contributed by atoms with Gasteiger partial charge in [-0.25, -0.2) is 4.98 Å². The zero-order valence-corrected chi connectivity index (χ0v) is 9.25. The molecule has 2 N–H and O–H groups in total. The van der Waals surface area contributed by atoms with Crippen molar-refractivity contribution in [2.75, 3.05) is 6.54 Å². The van der Waals surface area contributed by atoms with E-state index in [1.165, 1.54) is 12.8 Å². The van der Waals surface area contributed by atoms with E-state index >= 15 is 0 Å². The Morgan fingerprint density at radius 3 is 2.64 bits per heavy atom. The van der Waals surface area contributed by atoms with E-state index in [9.17, 15) is 0 Å². The van der Waals surface area contributed by atoms with Crippen LogP contribution in [0.15, 0.2) is 6.33 Å². The molecule has 0 fully saturated rings. The van der Waals surface area contributed by atoms with Crippen molar-refractivity contribution in [3.8, 4) is 0 Å². The second-order valence-electron chi connectivity index (χ2n) is 3.68. The molecule has 0 aromatic carbocycles. The molecule has 1 aromatic heterocycles. The number of aromatic amines is 1. The summed E-state index contributed by atoms with van der Waals surface area (Å²) in [7, 11) is 0. The smallest absolute Gasteiger partial charge is 0.141 e. The maximum atomic E-state index is 4.12. The summed E-state index contributed by atoms with van der Waals surface area (Å²) in [6.07, 6.45) is 4.00. The Labute approximate surface area is 85.5 Å². The zero-order chi connectivity index (χ0) is 10.4. The van der Waals surface area contributed by atoms with E-state index in [0.29, 0.717) is 0 Å². The van der Waals surface area contributed by atoms with Crippen LogP contribution < -0.4 is 5.32 Å². The number of hydrogen-bond donors (Lipinski definition) is 2. The van der Waals surface area contributed by atoms with Crippen molar-refractivity contribution in [3.63, 3.8) is 0 Å². The highest BCUT2D eigenvalue weighted by Crippen LogP contribution is 2.09. The van der Waals surface area contributed by atoms with Crippen LogP contribution in [0.2, 0.25) is 0 Å². The molecule has 0 radical (unpaired) electrons. The minimum Gasteiger partial charge on any atom is -0.307 e. The third-order valence-corrected chi connectivity index (χ3v) is 2.71. The van der Waals surface area contributed by atoms with E-state index in [0.717, 1.165) is 18.3 Å². The molecule has 1 unspecified atom stereocenters. The number of H-pyrrole nitrogens is 1. The van der Waals surface area contributed by atoms with Crippen LogP contribution in [0.4, 0.5) is 0 Å². The molecule has 4 heteroatoms. The first-order valence-electron chi connectivity index (χ1n) is 5.36. The maximum absolute atomic E-state index is 4.12. The quantitative estimate of drug-likeness (QED) is 0.730. The highest BCUT2D eigenvalue weighted by atomic mass is 15.2. The summed E-state index contributed by atoms with van der Waals surface area (Å²) >= 11 is 0. The molecule has 4 nitrogen and oxygen atoms in total. The second-order valence-corrected chi connectivity index (χ2v) is 3.68. The molecule has 0 aliphatic carbocycles. The number of nitrogens with zero attached hydrogens (tertiary/aromatic N) is 2. The summed E-state index contributed by atoms with van der Waals surface area (Å²) in [6.45, 7) is 7.61. The molecular formula is C10H20N4. The van der Waals surface area contributed by atoms with Crippen LogP contribution in [0.25, 0.3) is 0 Å². The highest BCUT2D eigenvalue weighted by molar-refractivity contribution is 4.88. The van der Waals surface area contributed by atoms with Gasteiger partial charge in [-0.1, -0.05) is 26.7 Å². The number of nitrogens with one attached hydrogen (secondary N) is 2. The van der Waals surface area contributed by atoms with Crippen molar-refractivity contribution in [1.29, 1.82) is 0 Å². The molecule has 0 bridgehead atoms. The lowest BCUT2D eigenvalue weighted by Gasteiger charge is -2.16. The van der Waals surface area contributed by atoms with Crippen LogP contribution in [0.1, 0.15) is 45.5 Å². The second kappa shape index (κ2) is 5.75. The number of aromatic nitrogens is 3. The average Bonchev–Trinajstić information content (AvgIpc) is 2.72. The molecule has 0 amide bonds. The van der Waals surface area contributed by atoms with Crippen LogP contribution in [0, 0.1) is 5.92 Å². The standard InChI is InChI=1S/C10H20N4/c1-4-9(5-2)6-11-8(3)10-12-7-13-14-10/h7-9,11H,4-6H2,1-3H3,(H,12,13,14). The van der Waals surface area contributed by atoms with Gasteiger partial charge in [0.15, 0.2) is 0 Å². The lowest BCUT2D eigenvalue weighted by molar-refractivity contribution is 0.416. The van der Waals surface area contributed by atoms with Gasteiger partial charge in [0.2, 0.25) is 0 Å². The Morgan fingerprint density at radius 2 is 2.14 bits per heavy atom. The van der Waals surface area contributed by atoms with E-state index in [1.807, 2.05) is 0 Å². The SMILES string of the molecule is CCC(CC)CNC(C)c1ncn[nH]1. The van der Waals surface area contributed by atoms with Crippen molar-refractivity contribution in [1.82, 2.24) is 20.5 Å². The molecule has 1 heterocycles. The molecule has 0 saturated heterocycles. The van der Waals surface area contributed by atoms with E-state index in [-0.39, 0.29) is 6.04 Å². The molecule has 80 valence electrons. The minimum atomic E-state index is 0.262. The molecule has 1 aromatic rings. The normalized spacial score (nSPS) is 13.4. The average molecular weight is 196 g/mol. The fourth-order valence-electron chi connectivity index (χ4n) is 1.44. The Bertz CT molecular complexity index is 228. The van der Waals surface area contributed by atoms with Gasteiger partial charge in [-0.15, -0.1) is 0 Å². The fraction of sp³-hybridized carbons (Fsp3) is 0.800. The largest absolute Gasteiger partial charge is 0.307 e. The van der Waals surface area contributed by atoms with Gasteiger partial charge in [-0.05, 0) is 19.4 Å². The topological polar surface area (TPSA) is 53.6 Å². The molecule has 0 saturated carbocycles. The van der Waals surface area contributed by atoms with Crippen molar-refractivity contribution < 1.29 is 0 Å². The predicted molar refractivity (Wildman–Crippen MR) is 56.9 cm³/mol. The summed E-state index contributed by atoms with van der Waals surface area (Å²) in [4.78, 5) is 4.12. The van der Waals surface area contributed by atoms with E-state index in [2.05, 4.69) is 41.3 Å². The van der Waals surface area contributed by atoms with Crippen LogP contribution in [0.5, 0.6) is 0 Å². The predicted octanol–water partition coefficient (Wildman–Crippen LogP) is 1.89. The van der Waals surface area contributed by atoms with Crippen LogP contribution >= 0.6 is 0 Å². The molecule has 14 heavy (non-hydrogen) atoms. The summed E-state index contributed by atoms with van der Waals surface area (Å²) < 4.78 is 0. The van der Waals surface area contributed by atoms with Gasteiger partial charge < -0.3 is 5.32 Å². The maximum Gasteiger partial charge on any atom is 0.141 e. The van der Waals surface area contributed by atoms with Gasteiger partial charge in [-0.3, -0.25) is 5.10 Å². The highest BCUT2D eigenvalue weighted by Gasteiger charge is 2.09. The Hall–Kier alpha value is -0.900. The molecule has 0 aliphatic heterocycles. The van der Waals surface area contributed by atoms with E-state index in [1.54, 1.807) is 6.33 Å². The fourth-order valence-corrected chi connectivity index (χ4v) is 1.44. The van der Waals surface area contributed by atoms with E-state index < -0.39 is 0 Å². The number of rotatable bonds is 6. The Balaban J connectivity index is 2.31. The molecule has 0 spiro atoms. The van der Waals surface area contributed by atoms with Crippen molar-refractivity contribution >= 4 is 0 Å². The third kappa shape index (κ3) is 3.10. The molecule has 0 aliphatic rings. The van der Waals surface area contributed by atoms with Gasteiger partial charge in [0, 0.05) is 0 Å². The number of hydrogen-bond acceptors (Lipinski definition) is 3. The summed E-state index contributed by atoms with van der Waals surface area (Å²) in [5.74, 6) is 1.68. The monoisotopic (exact) mass is 196 g/mol. The van der Waals surface area contributed by atoms with Crippen LogP contribution in [-0.4, -0.2) is 21.7 Å². The zero-order valence-electron chi connectivity index (χ0n) is 9.25. The van der Waals surface area contributed by atoms with Gasteiger partial charge in [0.05, 0.1) is 6.04 Å². The summed E-state index contributed by atoms with van der Waals surface area (Å²) in [5, 5.41) is 10.2. The summed E-state index contributed by atoms with van der Waals surface area (Å²) in [6, 6.07) is 0.262. The van der Waals surface area contributed by atoms with Crippen LogP contribution in [0.3, 0.4) is 0 Å². The van der Waals surface area contributed by atoms with Crippen molar-refractivity contribution in [3.05, 3.63) is 12.2 Å². The van der Waals surface area contributed by atoms with Gasteiger partial charge in [0.25, 0.3) is 0 Å². The first kappa shape index (κ1) is 11.2. The first-order valence-corrected chi connectivity index (χ1v) is 5.36. The van der Waals surface area contributed by atoms with Gasteiger partial charge in [-0.2, -0.15) is 5.10 Å². The van der Waals surface area contributed by atoms with Crippen molar-refractivity contribution in [2.45, 2.75) is 39.7 Å². The van der Waals surface area contributed by atoms with Crippen LogP contribution in [-0.2, 0) is 0 Å². The first-order chi connectivity index (χ1) is 6.77. The van der Waals surface area contributed by atoms with Gasteiger partial charge in [0.1, 0.15) is 12.2 Å². The van der Waals surface area contributed by atoms with E-state index in [4.69, 9.17) is 0 Å². The third-order valence-electron chi connectivity index (χ3n) is 2.71. The Morgan fingerprint density at radius 1 is 1.43 bits per heavy atom. The minimum absolute atomic E-state index is 0.262. The molecule has 1 atom stereocenters. The lowest BCUT2D eigenvalue weighted by Crippen LogP contribution is -2.26. The summed E-state index contributed by atoms with van der Waals surface area (Å²) in [5.41, 5.74) is 0. The lowest BCUT2D eigenvalue weighted by atomic mass is 10.0. The molecular weight excluding hydrogens is 176 g/mol.